The van der Waals surface area contributed by atoms with E-state index in [1.165, 1.54) is 13.2 Å². The summed E-state index contributed by atoms with van der Waals surface area (Å²) in [5, 5.41) is 0. The number of allylic oxidation sites excluding steroid dienone is 1. The summed E-state index contributed by atoms with van der Waals surface area (Å²) in [7, 11) is 8.58. The molecule has 0 N–H and O–H groups in total. The molecule has 0 unspecified atom stereocenters. The molecule has 0 aliphatic carbocycles. The highest BCUT2D eigenvalue weighted by Gasteiger charge is 2.14. The van der Waals surface area contributed by atoms with E-state index < -0.39 is 0 Å². The third kappa shape index (κ3) is 4.12. The van der Waals surface area contributed by atoms with Gasteiger partial charge < -0.3 is 19.1 Å². The Morgan fingerprint density at radius 3 is 2.28 bits per heavy atom. The lowest BCUT2D eigenvalue weighted by atomic mass is 10.1. The Balaban J connectivity index is 2.31. The summed E-state index contributed by atoms with van der Waals surface area (Å²) in [6, 6.07) is 11.0. The van der Waals surface area contributed by atoms with Gasteiger partial charge in [-0.05, 0) is 35.9 Å². The lowest BCUT2D eigenvalue weighted by Crippen LogP contribution is -2.10. The summed E-state index contributed by atoms with van der Waals surface area (Å²) in [4.78, 5) is 14.5. The molecule has 2 aromatic carbocycles. The monoisotopic (exact) mass is 341 g/mol. The number of nitrogens with zero attached hydrogens (tertiary/aromatic N) is 1. The average Bonchev–Trinajstić information content (AvgIpc) is 2.64. The number of hydrogen-bond acceptors (Lipinski definition) is 5. The number of anilines is 1. The summed E-state index contributed by atoms with van der Waals surface area (Å²) in [6.45, 7) is 0. The highest BCUT2D eigenvalue weighted by Crippen LogP contribution is 2.31. The lowest BCUT2D eigenvalue weighted by molar-refractivity contribution is 0.104. The van der Waals surface area contributed by atoms with Gasteiger partial charge in [0.05, 0.1) is 32.6 Å². The molecule has 5 heteroatoms. The first kappa shape index (κ1) is 18.4. The van der Waals surface area contributed by atoms with Crippen molar-refractivity contribution in [3.05, 3.63) is 53.6 Å². The van der Waals surface area contributed by atoms with E-state index in [1.807, 2.05) is 37.2 Å². The summed E-state index contributed by atoms with van der Waals surface area (Å²) in [6.07, 6.45) is 3.30. The predicted octanol–water partition coefficient (Wildman–Crippen LogP) is 3.67. The zero-order valence-corrected chi connectivity index (χ0v) is 15.2. The lowest BCUT2D eigenvalue weighted by Gasteiger charge is -2.17. The Morgan fingerprint density at radius 1 is 0.960 bits per heavy atom. The van der Waals surface area contributed by atoms with Gasteiger partial charge in [0.2, 0.25) is 0 Å². The molecule has 0 saturated carbocycles. The number of ether oxygens (including phenoxy) is 3. The van der Waals surface area contributed by atoms with E-state index >= 15 is 0 Å². The van der Waals surface area contributed by atoms with E-state index in [1.54, 1.807) is 38.5 Å². The van der Waals surface area contributed by atoms with Crippen LogP contribution in [0.1, 0.15) is 15.9 Å². The van der Waals surface area contributed by atoms with E-state index in [0.717, 1.165) is 17.0 Å². The van der Waals surface area contributed by atoms with Crippen LogP contribution in [0.3, 0.4) is 0 Å². The largest absolute Gasteiger partial charge is 0.495 e. The Hall–Kier alpha value is -2.95. The van der Waals surface area contributed by atoms with E-state index in [2.05, 4.69) is 0 Å². The van der Waals surface area contributed by atoms with Crippen molar-refractivity contribution in [3.63, 3.8) is 0 Å². The van der Waals surface area contributed by atoms with Crippen LogP contribution >= 0.6 is 0 Å². The standard InChI is InChI=1S/C20H23NO4/c1-21(2)16-13-14(10-12-18(16)23-3)9-11-17(22)15-7-6-8-19(24-4)20(15)25-5/h6-13H,1-5H3/b11-9+. The Kier molecular flexibility index (Phi) is 6.06. The van der Waals surface area contributed by atoms with Gasteiger partial charge >= 0.3 is 0 Å². The first-order chi connectivity index (χ1) is 12.0. The van der Waals surface area contributed by atoms with Crippen LogP contribution in [0.4, 0.5) is 5.69 Å². The van der Waals surface area contributed by atoms with Gasteiger partial charge in [0.1, 0.15) is 5.75 Å². The molecule has 2 aromatic rings. The van der Waals surface area contributed by atoms with E-state index in [-0.39, 0.29) is 5.78 Å². The number of rotatable bonds is 7. The van der Waals surface area contributed by atoms with Crippen LogP contribution in [-0.4, -0.2) is 41.2 Å². The first-order valence-corrected chi connectivity index (χ1v) is 7.80. The molecular formula is C20H23NO4. The third-order valence-electron chi connectivity index (χ3n) is 3.78. The van der Waals surface area contributed by atoms with Gasteiger partial charge in [-0.1, -0.05) is 18.2 Å². The molecule has 0 aliphatic heterocycles. The minimum atomic E-state index is -0.155. The molecule has 5 nitrogen and oxygen atoms in total. The molecule has 0 aliphatic rings. The van der Waals surface area contributed by atoms with E-state index in [9.17, 15) is 4.79 Å². The SMILES string of the molecule is COc1ccc(/C=C/C(=O)c2cccc(OC)c2OC)cc1N(C)C. The molecule has 0 radical (unpaired) electrons. The van der Waals surface area contributed by atoms with Gasteiger partial charge in [-0.25, -0.2) is 0 Å². The number of benzene rings is 2. The molecular weight excluding hydrogens is 318 g/mol. The van der Waals surface area contributed by atoms with Crippen molar-refractivity contribution in [2.45, 2.75) is 0 Å². The quantitative estimate of drug-likeness (QED) is 0.568. The minimum Gasteiger partial charge on any atom is -0.495 e. The molecule has 0 bridgehead atoms. The smallest absolute Gasteiger partial charge is 0.189 e. The molecule has 0 atom stereocenters. The van der Waals surface area contributed by atoms with Crippen molar-refractivity contribution in [2.24, 2.45) is 0 Å². The van der Waals surface area contributed by atoms with Crippen LogP contribution in [0.5, 0.6) is 17.2 Å². The maximum Gasteiger partial charge on any atom is 0.189 e. The van der Waals surface area contributed by atoms with Crippen molar-refractivity contribution in [2.75, 3.05) is 40.3 Å². The van der Waals surface area contributed by atoms with Gasteiger partial charge in [-0.15, -0.1) is 0 Å². The minimum absolute atomic E-state index is 0.155. The summed E-state index contributed by atoms with van der Waals surface area (Å²) in [5.41, 5.74) is 2.30. The Morgan fingerprint density at radius 2 is 1.68 bits per heavy atom. The first-order valence-electron chi connectivity index (χ1n) is 7.80. The predicted molar refractivity (Wildman–Crippen MR) is 100 cm³/mol. The normalized spacial score (nSPS) is 10.6. The van der Waals surface area contributed by atoms with Crippen LogP contribution in [0.25, 0.3) is 6.08 Å². The van der Waals surface area contributed by atoms with Gasteiger partial charge in [-0.2, -0.15) is 0 Å². The molecule has 0 spiro atoms. The molecule has 0 amide bonds. The number of ketones is 1. The fourth-order valence-electron chi connectivity index (χ4n) is 2.50. The second-order valence-corrected chi connectivity index (χ2v) is 5.56. The number of para-hydroxylation sites is 1. The van der Waals surface area contributed by atoms with Crippen molar-refractivity contribution >= 4 is 17.5 Å². The molecule has 132 valence electrons. The average molecular weight is 341 g/mol. The van der Waals surface area contributed by atoms with Crippen molar-refractivity contribution in [1.29, 1.82) is 0 Å². The highest BCUT2D eigenvalue weighted by atomic mass is 16.5. The maximum absolute atomic E-state index is 12.6. The van der Waals surface area contributed by atoms with Gasteiger partial charge in [0.15, 0.2) is 17.3 Å². The molecule has 0 saturated heterocycles. The fraction of sp³-hybridized carbons (Fsp3) is 0.250. The van der Waals surface area contributed by atoms with Crippen molar-refractivity contribution < 1.29 is 19.0 Å². The topological polar surface area (TPSA) is 48.0 Å². The van der Waals surface area contributed by atoms with Gasteiger partial charge in [0.25, 0.3) is 0 Å². The van der Waals surface area contributed by atoms with Crippen LogP contribution in [-0.2, 0) is 0 Å². The van der Waals surface area contributed by atoms with Gasteiger partial charge in [0, 0.05) is 14.1 Å². The number of methoxy groups -OCH3 is 3. The molecule has 0 fully saturated rings. The fourth-order valence-corrected chi connectivity index (χ4v) is 2.50. The van der Waals surface area contributed by atoms with E-state index in [0.29, 0.717) is 17.1 Å². The second-order valence-electron chi connectivity index (χ2n) is 5.56. The van der Waals surface area contributed by atoms with Crippen LogP contribution in [0.2, 0.25) is 0 Å². The molecule has 0 heterocycles. The van der Waals surface area contributed by atoms with Crippen molar-refractivity contribution in [3.8, 4) is 17.2 Å². The highest BCUT2D eigenvalue weighted by molar-refractivity contribution is 6.09. The van der Waals surface area contributed by atoms with Crippen LogP contribution < -0.4 is 19.1 Å². The van der Waals surface area contributed by atoms with Crippen LogP contribution in [0.15, 0.2) is 42.5 Å². The van der Waals surface area contributed by atoms with Crippen molar-refractivity contribution in [1.82, 2.24) is 0 Å². The number of hydrogen-bond donors (Lipinski definition) is 0. The van der Waals surface area contributed by atoms with Gasteiger partial charge in [-0.3, -0.25) is 4.79 Å². The number of carbonyl (C=O) groups is 1. The summed E-state index contributed by atoms with van der Waals surface area (Å²) < 4.78 is 15.9. The molecule has 0 aromatic heterocycles. The summed E-state index contributed by atoms with van der Waals surface area (Å²) in [5.74, 6) is 1.59. The zero-order valence-electron chi connectivity index (χ0n) is 15.2. The zero-order chi connectivity index (χ0) is 18.4. The number of carbonyl (C=O) groups excluding carboxylic acids is 1. The van der Waals surface area contributed by atoms with E-state index in [4.69, 9.17) is 14.2 Å². The maximum atomic E-state index is 12.6. The van der Waals surface area contributed by atoms with Crippen LogP contribution in [0, 0.1) is 0 Å². The Labute approximate surface area is 148 Å². The third-order valence-corrected chi connectivity index (χ3v) is 3.78. The second kappa shape index (κ2) is 8.24. The Bertz CT molecular complexity index is 781. The molecule has 2 rings (SSSR count). The summed E-state index contributed by atoms with van der Waals surface area (Å²) >= 11 is 0. The molecule has 25 heavy (non-hydrogen) atoms.